The van der Waals surface area contributed by atoms with Crippen LogP contribution in [0, 0.1) is 0 Å². The Morgan fingerprint density at radius 3 is 1.56 bits per heavy atom. The van der Waals surface area contributed by atoms with Crippen LogP contribution in [0.25, 0.3) is 117 Å². The zero-order valence-corrected chi connectivity index (χ0v) is 33.5. The summed E-state index contributed by atoms with van der Waals surface area (Å²) < 4.78 is 9.12. The average Bonchev–Trinajstić information content (AvgIpc) is 3.90. The zero-order valence-electron chi connectivity index (χ0n) is 33.5. The summed E-state index contributed by atoms with van der Waals surface area (Å²) >= 11 is 0. The second kappa shape index (κ2) is 14.7. The van der Waals surface area contributed by atoms with Crippen molar-refractivity contribution in [1.82, 2.24) is 19.5 Å². The molecule has 0 fully saturated rings. The van der Waals surface area contributed by atoms with Gasteiger partial charge in [0.2, 0.25) is 0 Å². The van der Waals surface area contributed by atoms with Gasteiger partial charge in [-0.1, -0.05) is 182 Å². The van der Waals surface area contributed by atoms with Gasteiger partial charge in [0.25, 0.3) is 0 Å². The van der Waals surface area contributed by atoms with Gasteiger partial charge in [-0.05, 0) is 64.2 Å². The molecular formula is C57H36N4O. The highest BCUT2D eigenvalue weighted by Crippen LogP contribution is 2.45. The van der Waals surface area contributed by atoms with E-state index in [0.717, 1.165) is 72.1 Å². The number of benzene rings is 9. The van der Waals surface area contributed by atoms with Crippen LogP contribution in [0.15, 0.2) is 223 Å². The lowest BCUT2D eigenvalue weighted by molar-refractivity contribution is 0.669. The van der Waals surface area contributed by atoms with Gasteiger partial charge < -0.3 is 8.98 Å². The van der Waals surface area contributed by atoms with E-state index >= 15 is 0 Å². The summed E-state index contributed by atoms with van der Waals surface area (Å²) in [7, 11) is 0. The quantitative estimate of drug-likeness (QED) is 0.161. The molecule has 0 saturated heterocycles. The van der Waals surface area contributed by atoms with Crippen molar-refractivity contribution >= 4 is 43.7 Å². The molecule has 0 atom stereocenters. The van der Waals surface area contributed by atoms with E-state index < -0.39 is 0 Å². The number of para-hydroxylation sites is 3. The maximum absolute atomic E-state index is 6.72. The van der Waals surface area contributed by atoms with Crippen LogP contribution in [0.1, 0.15) is 0 Å². The van der Waals surface area contributed by atoms with Gasteiger partial charge >= 0.3 is 0 Å². The Kier molecular flexibility index (Phi) is 8.42. The Balaban J connectivity index is 1.000. The monoisotopic (exact) mass is 792 g/mol. The van der Waals surface area contributed by atoms with Gasteiger partial charge in [0.1, 0.15) is 11.2 Å². The highest BCUT2D eigenvalue weighted by molar-refractivity contribution is 6.17. The number of hydrogen-bond acceptors (Lipinski definition) is 4. The molecule has 0 aliphatic carbocycles. The van der Waals surface area contributed by atoms with Crippen LogP contribution in [-0.4, -0.2) is 19.5 Å². The van der Waals surface area contributed by atoms with Crippen LogP contribution >= 0.6 is 0 Å². The first-order valence-electron chi connectivity index (χ1n) is 20.9. The molecule has 5 heteroatoms. The lowest BCUT2D eigenvalue weighted by Gasteiger charge is -2.15. The van der Waals surface area contributed by atoms with Crippen molar-refractivity contribution in [3.8, 4) is 73.2 Å². The topological polar surface area (TPSA) is 56.7 Å². The number of fused-ring (bicyclic) bond motifs is 6. The Morgan fingerprint density at radius 2 is 0.823 bits per heavy atom. The van der Waals surface area contributed by atoms with Crippen molar-refractivity contribution in [2.75, 3.05) is 0 Å². The number of aromatic nitrogens is 4. The van der Waals surface area contributed by atoms with Crippen LogP contribution in [-0.2, 0) is 0 Å². The first-order valence-corrected chi connectivity index (χ1v) is 20.9. The second-order valence-corrected chi connectivity index (χ2v) is 15.5. The molecule has 12 rings (SSSR count). The van der Waals surface area contributed by atoms with E-state index in [1.807, 2.05) is 36.4 Å². The summed E-state index contributed by atoms with van der Waals surface area (Å²) in [6.45, 7) is 0. The van der Waals surface area contributed by atoms with Gasteiger partial charge in [0.05, 0.1) is 11.0 Å². The SMILES string of the molecule is c1ccc(-c2ccc(-c3nc(-c4ccccc4)nc(-c4ccc5c(c4)oc4cccc(-c6ccccc6-c6cccc7c8ccccc8n(-c8ccccc8)c67)c45)n3)cc2)cc1. The fourth-order valence-electron chi connectivity index (χ4n) is 9.02. The van der Waals surface area contributed by atoms with Gasteiger partial charge in [-0.15, -0.1) is 0 Å². The third-order valence-corrected chi connectivity index (χ3v) is 11.9. The summed E-state index contributed by atoms with van der Waals surface area (Å²) in [6, 6.07) is 76.3. The Labute approximate surface area is 357 Å². The molecule has 0 aliphatic rings. The van der Waals surface area contributed by atoms with E-state index in [1.165, 1.54) is 27.4 Å². The minimum atomic E-state index is 0.579. The van der Waals surface area contributed by atoms with Crippen LogP contribution in [0.3, 0.4) is 0 Å². The number of nitrogens with zero attached hydrogens (tertiary/aromatic N) is 4. The largest absolute Gasteiger partial charge is 0.456 e. The maximum atomic E-state index is 6.72. The van der Waals surface area contributed by atoms with Crippen molar-refractivity contribution in [3.05, 3.63) is 218 Å². The molecule has 0 unspecified atom stereocenters. The molecule has 9 aromatic carbocycles. The molecule has 3 aromatic heterocycles. The molecule has 0 N–H and O–H groups in total. The summed E-state index contributed by atoms with van der Waals surface area (Å²) in [4.78, 5) is 15.1. The number of hydrogen-bond donors (Lipinski definition) is 0. The highest BCUT2D eigenvalue weighted by atomic mass is 16.3. The fraction of sp³-hybridized carbons (Fsp3) is 0. The molecular weight excluding hydrogens is 757 g/mol. The second-order valence-electron chi connectivity index (χ2n) is 15.5. The molecule has 0 spiro atoms. The van der Waals surface area contributed by atoms with Crippen LogP contribution < -0.4 is 0 Å². The smallest absolute Gasteiger partial charge is 0.164 e. The Bertz CT molecular complexity index is 3610. The summed E-state index contributed by atoms with van der Waals surface area (Å²) in [5, 5.41) is 4.54. The minimum Gasteiger partial charge on any atom is -0.456 e. The predicted octanol–water partition coefficient (Wildman–Crippen LogP) is 14.9. The van der Waals surface area contributed by atoms with Crippen LogP contribution in [0.4, 0.5) is 0 Å². The van der Waals surface area contributed by atoms with E-state index in [-0.39, 0.29) is 0 Å². The molecule has 62 heavy (non-hydrogen) atoms. The van der Waals surface area contributed by atoms with Crippen molar-refractivity contribution in [2.24, 2.45) is 0 Å². The van der Waals surface area contributed by atoms with Gasteiger partial charge in [0, 0.05) is 49.5 Å². The molecule has 0 saturated carbocycles. The molecule has 0 radical (unpaired) electrons. The van der Waals surface area contributed by atoms with Gasteiger partial charge in [-0.2, -0.15) is 0 Å². The highest BCUT2D eigenvalue weighted by Gasteiger charge is 2.21. The van der Waals surface area contributed by atoms with Crippen molar-refractivity contribution in [1.29, 1.82) is 0 Å². The van der Waals surface area contributed by atoms with Gasteiger partial charge in [0.15, 0.2) is 17.5 Å². The fourth-order valence-corrected chi connectivity index (χ4v) is 9.02. The summed E-state index contributed by atoms with van der Waals surface area (Å²) in [5.41, 5.74) is 14.6. The molecule has 0 aliphatic heterocycles. The lowest BCUT2D eigenvalue weighted by Crippen LogP contribution is -2.00. The number of furan rings is 1. The van der Waals surface area contributed by atoms with Gasteiger partial charge in [-0.25, -0.2) is 15.0 Å². The Hall–Kier alpha value is -8.41. The third-order valence-electron chi connectivity index (χ3n) is 11.9. The van der Waals surface area contributed by atoms with Crippen LogP contribution in [0.5, 0.6) is 0 Å². The molecule has 0 bridgehead atoms. The first kappa shape index (κ1) is 35.5. The first-order chi connectivity index (χ1) is 30.7. The van der Waals surface area contributed by atoms with Crippen molar-refractivity contribution in [2.45, 2.75) is 0 Å². The van der Waals surface area contributed by atoms with Gasteiger partial charge in [-0.3, -0.25) is 0 Å². The maximum Gasteiger partial charge on any atom is 0.164 e. The standard InChI is InChI=1S/C57H36N4O/c1-4-16-37(17-5-1)38-30-32-40(33-31-38)56-58-55(39-18-6-2-7-19-39)59-57(60-56)41-34-35-49-52(36-41)62-51-29-15-25-46(53(49)51)43-22-10-11-23-44(43)47-26-14-27-48-45-24-12-13-28-50(45)61(54(47)48)42-20-8-3-9-21-42/h1-36H. The van der Waals surface area contributed by atoms with E-state index in [9.17, 15) is 0 Å². The molecule has 0 amide bonds. The zero-order chi connectivity index (χ0) is 41.0. The van der Waals surface area contributed by atoms with E-state index in [1.54, 1.807) is 0 Å². The minimum absolute atomic E-state index is 0.579. The Morgan fingerprint density at radius 1 is 0.323 bits per heavy atom. The normalized spacial score (nSPS) is 11.5. The molecule has 12 aromatic rings. The molecule has 3 heterocycles. The van der Waals surface area contributed by atoms with Crippen molar-refractivity contribution in [3.63, 3.8) is 0 Å². The lowest BCUT2D eigenvalue weighted by atomic mass is 9.91. The summed E-state index contributed by atoms with van der Waals surface area (Å²) in [6.07, 6.45) is 0. The molecule has 5 nitrogen and oxygen atoms in total. The third kappa shape index (κ3) is 5.98. The average molecular weight is 793 g/mol. The van der Waals surface area contributed by atoms with Crippen LogP contribution in [0.2, 0.25) is 0 Å². The molecule has 290 valence electrons. The van der Waals surface area contributed by atoms with E-state index in [0.29, 0.717) is 17.5 Å². The predicted molar refractivity (Wildman–Crippen MR) is 254 cm³/mol. The van der Waals surface area contributed by atoms with E-state index in [4.69, 9.17) is 19.4 Å². The van der Waals surface area contributed by atoms with E-state index in [2.05, 4.69) is 187 Å². The van der Waals surface area contributed by atoms with Crippen molar-refractivity contribution < 1.29 is 4.42 Å². The number of rotatable bonds is 7. The summed E-state index contributed by atoms with van der Waals surface area (Å²) in [5.74, 6) is 1.80.